The van der Waals surface area contributed by atoms with E-state index in [0.717, 1.165) is 11.3 Å². The Kier molecular flexibility index (Phi) is 7.00. The van der Waals surface area contributed by atoms with E-state index in [1.807, 2.05) is 38.3 Å². The molecule has 0 rings (SSSR count). The fourth-order valence-electron chi connectivity index (χ4n) is 1.46. The van der Waals surface area contributed by atoms with E-state index in [4.69, 9.17) is 0 Å². The van der Waals surface area contributed by atoms with Crippen molar-refractivity contribution in [2.24, 2.45) is 16.3 Å². The maximum Gasteiger partial charge on any atom is 0.0412 e. The van der Waals surface area contributed by atoms with Gasteiger partial charge in [0, 0.05) is 17.3 Å². The van der Waals surface area contributed by atoms with Crippen LogP contribution in [0, 0.1) is 11.3 Å². The van der Waals surface area contributed by atoms with E-state index in [9.17, 15) is 0 Å². The molecule has 0 amide bonds. The Bertz CT molecular complexity index is 415. The molecule has 0 aliphatic carbocycles. The lowest BCUT2D eigenvalue weighted by Crippen LogP contribution is -2.19. The van der Waals surface area contributed by atoms with Crippen LogP contribution in [0.1, 0.15) is 34.6 Å². The zero-order valence-electron chi connectivity index (χ0n) is 12.3. The Morgan fingerprint density at radius 1 is 1.39 bits per heavy atom. The minimum Gasteiger partial charge on any atom is -0.264 e. The van der Waals surface area contributed by atoms with Crippen molar-refractivity contribution in [2.75, 3.05) is 0 Å². The number of rotatable bonds is 6. The first kappa shape index (κ1) is 16.4. The molecule has 1 unspecified atom stereocenters. The number of allylic oxidation sites excluding steroid dienone is 5. The minimum atomic E-state index is -0.189. The summed E-state index contributed by atoms with van der Waals surface area (Å²) in [5.41, 5.74) is 4.76. The fraction of sp³-hybridized carbons (Fsp3) is 0.412. The largest absolute Gasteiger partial charge is 0.264 e. The lowest BCUT2D eigenvalue weighted by atomic mass is 9.85. The standard InChI is InChI=1S/C17H25N/c1-8-11-16(14(4)5)13-18-15(6)17(7,10-3)12-9-2/h9-14H,1,3H2,2,4-7H3/b12-9+,16-13+,18-15+. The molecule has 0 saturated heterocycles. The average molecular weight is 243 g/mol. The third-order valence-electron chi connectivity index (χ3n) is 3.06. The van der Waals surface area contributed by atoms with Crippen LogP contribution in [-0.4, -0.2) is 5.71 Å². The molecule has 0 aliphatic heterocycles. The molecule has 1 heteroatoms. The normalized spacial score (nSPS) is 16.6. The van der Waals surface area contributed by atoms with Gasteiger partial charge < -0.3 is 0 Å². The van der Waals surface area contributed by atoms with Gasteiger partial charge in [-0.3, -0.25) is 4.99 Å². The molecule has 0 aromatic rings. The number of nitrogens with zero attached hydrogens (tertiary/aromatic N) is 1. The van der Waals surface area contributed by atoms with Gasteiger partial charge in [-0.2, -0.15) is 0 Å². The minimum absolute atomic E-state index is 0.189. The van der Waals surface area contributed by atoms with Crippen LogP contribution in [0.4, 0.5) is 0 Å². The van der Waals surface area contributed by atoms with Crippen molar-refractivity contribution in [3.05, 3.63) is 55.0 Å². The summed E-state index contributed by atoms with van der Waals surface area (Å²) in [7, 11) is 0. The van der Waals surface area contributed by atoms with E-state index >= 15 is 0 Å². The predicted molar refractivity (Wildman–Crippen MR) is 82.9 cm³/mol. The quantitative estimate of drug-likeness (QED) is 0.266. The number of hydrogen-bond acceptors (Lipinski definition) is 1. The highest BCUT2D eigenvalue weighted by Crippen LogP contribution is 2.23. The Balaban J connectivity index is 5.36. The van der Waals surface area contributed by atoms with Gasteiger partial charge in [0.1, 0.15) is 0 Å². The van der Waals surface area contributed by atoms with Crippen LogP contribution in [-0.2, 0) is 0 Å². The van der Waals surface area contributed by atoms with E-state index in [0.29, 0.717) is 5.92 Å². The molecule has 0 fully saturated rings. The molecule has 0 saturated carbocycles. The van der Waals surface area contributed by atoms with Crippen LogP contribution in [0.3, 0.4) is 0 Å². The molecule has 0 spiro atoms. The lowest BCUT2D eigenvalue weighted by molar-refractivity contribution is 0.762. The van der Waals surface area contributed by atoms with Crippen LogP contribution in [0.15, 0.2) is 60.0 Å². The van der Waals surface area contributed by atoms with E-state index < -0.39 is 0 Å². The molecular weight excluding hydrogens is 218 g/mol. The SMILES string of the molecule is C=C=C/C(=C\N=C(/C)C(C)(C=C)/C=C/C)C(C)C. The van der Waals surface area contributed by atoms with Gasteiger partial charge in [-0.1, -0.05) is 38.7 Å². The number of hydrogen-bond donors (Lipinski definition) is 0. The van der Waals surface area contributed by atoms with Crippen molar-refractivity contribution in [3.8, 4) is 0 Å². The van der Waals surface area contributed by atoms with Crippen molar-refractivity contribution >= 4 is 5.71 Å². The summed E-state index contributed by atoms with van der Waals surface area (Å²) >= 11 is 0. The van der Waals surface area contributed by atoms with Gasteiger partial charge in [-0.05, 0) is 38.3 Å². The van der Waals surface area contributed by atoms with Gasteiger partial charge >= 0.3 is 0 Å². The monoisotopic (exact) mass is 243 g/mol. The topological polar surface area (TPSA) is 12.4 Å². The zero-order valence-corrected chi connectivity index (χ0v) is 12.3. The fourth-order valence-corrected chi connectivity index (χ4v) is 1.46. The van der Waals surface area contributed by atoms with Gasteiger partial charge in [0.15, 0.2) is 0 Å². The van der Waals surface area contributed by atoms with Crippen LogP contribution in [0.5, 0.6) is 0 Å². The molecule has 0 aromatic heterocycles. The molecule has 0 aliphatic rings. The zero-order chi connectivity index (χ0) is 14.2. The summed E-state index contributed by atoms with van der Waals surface area (Å²) in [5, 5.41) is 0. The summed E-state index contributed by atoms with van der Waals surface area (Å²) in [6.07, 6.45) is 9.81. The number of aliphatic imine (C=N–C) groups is 1. The Labute approximate surface area is 112 Å². The summed E-state index contributed by atoms with van der Waals surface area (Å²) in [6.45, 7) is 17.9. The van der Waals surface area contributed by atoms with E-state index in [-0.39, 0.29) is 5.41 Å². The first-order valence-corrected chi connectivity index (χ1v) is 6.29. The molecular formula is C17H25N. The highest BCUT2D eigenvalue weighted by atomic mass is 14.7. The summed E-state index contributed by atoms with van der Waals surface area (Å²) in [5.74, 6) is 0.410. The Morgan fingerprint density at radius 3 is 2.39 bits per heavy atom. The van der Waals surface area contributed by atoms with Crippen LogP contribution in [0.25, 0.3) is 0 Å². The average Bonchev–Trinajstić information content (AvgIpc) is 2.33. The summed E-state index contributed by atoms with van der Waals surface area (Å²) < 4.78 is 0. The summed E-state index contributed by atoms with van der Waals surface area (Å²) in [6, 6.07) is 0. The van der Waals surface area contributed by atoms with Crippen LogP contribution in [0.2, 0.25) is 0 Å². The lowest BCUT2D eigenvalue weighted by Gasteiger charge is -2.21. The third kappa shape index (κ3) is 4.73. The van der Waals surface area contributed by atoms with Crippen molar-refractivity contribution in [3.63, 3.8) is 0 Å². The van der Waals surface area contributed by atoms with Gasteiger partial charge in [-0.25, -0.2) is 0 Å². The van der Waals surface area contributed by atoms with E-state index in [1.54, 1.807) is 0 Å². The first-order chi connectivity index (χ1) is 8.41. The second-order valence-corrected chi connectivity index (χ2v) is 4.83. The van der Waals surface area contributed by atoms with E-state index in [2.05, 4.69) is 50.7 Å². The highest BCUT2D eigenvalue weighted by Gasteiger charge is 2.19. The van der Waals surface area contributed by atoms with Crippen molar-refractivity contribution in [1.82, 2.24) is 0 Å². The third-order valence-corrected chi connectivity index (χ3v) is 3.06. The van der Waals surface area contributed by atoms with Gasteiger partial charge in [-0.15, -0.1) is 12.3 Å². The predicted octanol–water partition coefficient (Wildman–Crippen LogP) is 5.10. The first-order valence-electron chi connectivity index (χ1n) is 6.29. The summed E-state index contributed by atoms with van der Waals surface area (Å²) in [4.78, 5) is 4.56. The van der Waals surface area contributed by atoms with E-state index in [1.165, 1.54) is 0 Å². The van der Waals surface area contributed by atoms with Crippen molar-refractivity contribution in [2.45, 2.75) is 34.6 Å². The second kappa shape index (κ2) is 7.68. The molecule has 18 heavy (non-hydrogen) atoms. The molecule has 0 bridgehead atoms. The van der Waals surface area contributed by atoms with Gasteiger partial charge in [0.2, 0.25) is 0 Å². The Hall–Kier alpha value is -1.59. The van der Waals surface area contributed by atoms with Crippen molar-refractivity contribution < 1.29 is 0 Å². The molecule has 0 heterocycles. The Morgan fingerprint density at radius 2 is 2.00 bits per heavy atom. The highest BCUT2D eigenvalue weighted by molar-refractivity contribution is 5.91. The van der Waals surface area contributed by atoms with Gasteiger partial charge in [0.05, 0.1) is 0 Å². The van der Waals surface area contributed by atoms with Gasteiger partial charge in [0.25, 0.3) is 0 Å². The molecule has 0 radical (unpaired) electrons. The molecule has 1 atom stereocenters. The molecule has 0 N–H and O–H groups in total. The molecule has 1 nitrogen and oxygen atoms in total. The van der Waals surface area contributed by atoms with Crippen LogP contribution >= 0.6 is 0 Å². The van der Waals surface area contributed by atoms with Crippen molar-refractivity contribution in [1.29, 1.82) is 0 Å². The molecule has 0 aromatic carbocycles. The molecule has 98 valence electrons. The maximum atomic E-state index is 4.56. The second-order valence-electron chi connectivity index (χ2n) is 4.83. The smallest absolute Gasteiger partial charge is 0.0412 e. The van der Waals surface area contributed by atoms with Crippen LogP contribution < -0.4 is 0 Å². The maximum absolute atomic E-state index is 4.56.